The molecule has 0 aromatic heterocycles. The SMILES string of the molecule is COc1ccc(COCC2C(CCO)OC(CCC(O[Si](C)(C)C(C)(C)C)C(F)(F)F)C2OC)cc1. The first kappa shape index (κ1) is 31.0. The van der Waals surface area contributed by atoms with Crippen LogP contribution in [0.5, 0.6) is 5.75 Å². The van der Waals surface area contributed by atoms with E-state index >= 15 is 0 Å². The maximum atomic E-state index is 13.9. The monoisotopic (exact) mass is 536 g/mol. The molecule has 6 nitrogen and oxygen atoms in total. The Morgan fingerprint density at radius 1 is 1.03 bits per heavy atom. The minimum Gasteiger partial charge on any atom is -0.497 e. The first-order valence-electron chi connectivity index (χ1n) is 12.5. The molecule has 0 aliphatic carbocycles. The van der Waals surface area contributed by atoms with Crippen LogP contribution in [-0.2, 0) is 25.2 Å². The smallest absolute Gasteiger partial charge is 0.413 e. The zero-order chi connectivity index (χ0) is 27.1. The Balaban J connectivity index is 2.05. The van der Waals surface area contributed by atoms with Crippen LogP contribution in [0, 0.1) is 5.92 Å². The summed E-state index contributed by atoms with van der Waals surface area (Å²) in [6.07, 6.45) is -7.42. The van der Waals surface area contributed by atoms with Gasteiger partial charge < -0.3 is 28.5 Å². The minimum absolute atomic E-state index is 0.0948. The zero-order valence-corrected chi connectivity index (χ0v) is 23.6. The molecule has 1 aromatic carbocycles. The minimum atomic E-state index is -4.47. The van der Waals surface area contributed by atoms with Crippen molar-refractivity contribution in [3.05, 3.63) is 29.8 Å². The highest BCUT2D eigenvalue weighted by Gasteiger charge is 2.49. The standard InChI is InChI=1S/C26H43F3O6Si/c1-25(2,3)36(6,7)35-23(26(27,28)29)13-12-22-24(32-5)20(21(34-22)14-15-30)17-33-16-18-8-10-19(31-4)11-9-18/h8-11,20-24,30H,12-17H2,1-7H3. The molecule has 1 N–H and O–H groups in total. The zero-order valence-electron chi connectivity index (χ0n) is 22.6. The second kappa shape index (κ2) is 13.1. The Kier molecular flexibility index (Phi) is 11.3. The Morgan fingerprint density at radius 2 is 1.67 bits per heavy atom. The molecule has 1 aliphatic heterocycles. The van der Waals surface area contributed by atoms with Gasteiger partial charge in [-0.25, -0.2) is 0 Å². The maximum Gasteiger partial charge on any atom is 0.413 e. The largest absolute Gasteiger partial charge is 0.497 e. The van der Waals surface area contributed by atoms with Crippen LogP contribution in [0.1, 0.15) is 45.6 Å². The van der Waals surface area contributed by atoms with Gasteiger partial charge in [-0.05, 0) is 55.1 Å². The van der Waals surface area contributed by atoms with Crippen molar-refractivity contribution >= 4 is 8.32 Å². The molecule has 208 valence electrons. The number of rotatable bonds is 13. The van der Waals surface area contributed by atoms with Gasteiger partial charge >= 0.3 is 6.18 Å². The molecule has 0 amide bonds. The molecular weight excluding hydrogens is 493 g/mol. The van der Waals surface area contributed by atoms with Gasteiger partial charge in [-0.3, -0.25) is 0 Å². The van der Waals surface area contributed by atoms with Crippen molar-refractivity contribution in [2.45, 2.75) is 95.4 Å². The van der Waals surface area contributed by atoms with E-state index in [0.717, 1.165) is 11.3 Å². The van der Waals surface area contributed by atoms with E-state index in [0.29, 0.717) is 19.6 Å². The third-order valence-electron chi connectivity index (χ3n) is 7.36. The molecule has 1 aromatic rings. The first-order chi connectivity index (χ1) is 16.7. The first-order valence-corrected chi connectivity index (χ1v) is 15.4. The van der Waals surface area contributed by atoms with Crippen molar-refractivity contribution in [1.29, 1.82) is 0 Å². The molecular formula is C26H43F3O6Si. The van der Waals surface area contributed by atoms with E-state index < -0.39 is 32.8 Å². The fourth-order valence-electron chi connectivity index (χ4n) is 4.23. The molecule has 1 aliphatic rings. The Labute approximate surface area is 214 Å². The summed E-state index contributed by atoms with van der Waals surface area (Å²) in [6, 6.07) is 7.52. The molecule has 1 saturated heterocycles. The second-order valence-electron chi connectivity index (χ2n) is 10.9. The molecule has 1 fully saturated rings. The molecule has 0 saturated carbocycles. The number of hydrogen-bond donors (Lipinski definition) is 1. The number of benzene rings is 1. The van der Waals surface area contributed by atoms with E-state index in [1.807, 2.05) is 58.1 Å². The lowest BCUT2D eigenvalue weighted by molar-refractivity contribution is -0.202. The third-order valence-corrected chi connectivity index (χ3v) is 11.8. The van der Waals surface area contributed by atoms with Crippen molar-refractivity contribution in [1.82, 2.24) is 0 Å². The number of halogens is 3. The summed E-state index contributed by atoms with van der Waals surface area (Å²) in [5, 5.41) is 9.19. The number of aliphatic hydroxyl groups is 1. The highest BCUT2D eigenvalue weighted by molar-refractivity contribution is 6.74. The average molecular weight is 537 g/mol. The molecule has 0 radical (unpaired) electrons. The van der Waals surface area contributed by atoms with Crippen LogP contribution in [0.3, 0.4) is 0 Å². The van der Waals surface area contributed by atoms with Crippen molar-refractivity contribution in [2.75, 3.05) is 27.4 Å². The maximum absolute atomic E-state index is 13.9. The fraction of sp³-hybridized carbons (Fsp3) is 0.769. The van der Waals surface area contributed by atoms with Crippen molar-refractivity contribution in [3.63, 3.8) is 0 Å². The van der Waals surface area contributed by atoms with Crippen LogP contribution in [0.15, 0.2) is 24.3 Å². The number of aliphatic hydroxyl groups excluding tert-OH is 1. The van der Waals surface area contributed by atoms with Gasteiger partial charge in [0.1, 0.15) is 11.9 Å². The van der Waals surface area contributed by atoms with Gasteiger partial charge in [0.05, 0.1) is 38.6 Å². The topological polar surface area (TPSA) is 66.4 Å². The number of methoxy groups -OCH3 is 2. The van der Waals surface area contributed by atoms with Gasteiger partial charge in [0, 0.05) is 19.6 Å². The van der Waals surface area contributed by atoms with E-state index in [1.54, 1.807) is 7.11 Å². The normalized spacial score (nSPS) is 24.2. The molecule has 2 rings (SSSR count). The van der Waals surface area contributed by atoms with E-state index in [2.05, 4.69) is 0 Å². The van der Waals surface area contributed by atoms with Crippen LogP contribution in [0.4, 0.5) is 13.2 Å². The summed E-state index contributed by atoms with van der Waals surface area (Å²) in [6.45, 7) is 9.98. The van der Waals surface area contributed by atoms with E-state index in [4.69, 9.17) is 23.4 Å². The highest BCUT2D eigenvalue weighted by Crippen LogP contribution is 2.41. The third kappa shape index (κ3) is 8.42. The van der Waals surface area contributed by atoms with E-state index in [-0.39, 0.29) is 36.5 Å². The second-order valence-corrected chi connectivity index (χ2v) is 15.7. The molecule has 10 heteroatoms. The predicted octanol–water partition coefficient (Wildman–Crippen LogP) is 5.73. The van der Waals surface area contributed by atoms with Gasteiger partial charge in [0.25, 0.3) is 0 Å². The summed E-state index contributed by atoms with van der Waals surface area (Å²) < 4.78 is 70.4. The number of ether oxygens (including phenoxy) is 4. The highest BCUT2D eigenvalue weighted by atomic mass is 28.4. The van der Waals surface area contributed by atoms with Crippen molar-refractivity contribution in [2.24, 2.45) is 5.92 Å². The molecule has 5 unspecified atom stereocenters. The van der Waals surface area contributed by atoms with E-state index in [1.165, 1.54) is 7.11 Å². The van der Waals surface area contributed by atoms with E-state index in [9.17, 15) is 18.3 Å². The molecule has 36 heavy (non-hydrogen) atoms. The quantitative estimate of drug-likeness (QED) is 0.325. The van der Waals surface area contributed by atoms with Crippen LogP contribution in [-0.4, -0.2) is 71.4 Å². The average Bonchev–Trinajstić information content (AvgIpc) is 3.12. The van der Waals surface area contributed by atoms with Gasteiger partial charge in [0.15, 0.2) is 8.32 Å². The molecule has 0 bridgehead atoms. The van der Waals surface area contributed by atoms with Gasteiger partial charge in [-0.2, -0.15) is 13.2 Å². The van der Waals surface area contributed by atoms with Crippen LogP contribution in [0.2, 0.25) is 18.1 Å². The van der Waals surface area contributed by atoms with Crippen molar-refractivity contribution < 1.29 is 41.7 Å². The molecule has 5 atom stereocenters. The summed E-state index contributed by atoms with van der Waals surface area (Å²) in [5.74, 6) is 0.541. The number of hydrogen-bond acceptors (Lipinski definition) is 6. The van der Waals surface area contributed by atoms with Crippen LogP contribution < -0.4 is 4.74 Å². The Bertz CT molecular complexity index is 781. The summed E-state index contributed by atoms with van der Waals surface area (Å²) in [7, 11) is 0.507. The van der Waals surface area contributed by atoms with Crippen LogP contribution >= 0.6 is 0 Å². The summed E-state index contributed by atoms with van der Waals surface area (Å²) in [4.78, 5) is 0. The fourth-order valence-corrected chi connectivity index (χ4v) is 5.55. The van der Waals surface area contributed by atoms with Crippen LogP contribution in [0.25, 0.3) is 0 Å². The van der Waals surface area contributed by atoms with Gasteiger partial charge in [0.2, 0.25) is 0 Å². The van der Waals surface area contributed by atoms with Crippen molar-refractivity contribution in [3.8, 4) is 5.75 Å². The molecule has 1 heterocycles. The predicted molar refractivity (Wildman–Crippen MR) is 135 cm³/mol. The van der Waals surface area contributed by atoms with Gasteiger partial charge in [-0.1, -0.05) is 32.9 Å². The summed E-state index contributed by atoms with van der Waals surface area (Å²) >= 11 is 0. The summed E-state index contributed by atoms with van der Waals surface area (Å²) in [5.41, 5.74) is 0.967. The lowest BCUT2D eigenvalue weighted by Crippen LogP contribution is -2.48. The Morgan fingerprint density at radius 3 is 2.17 bits per heavy atom. The lowest BCUT2D eigenvalue weighted by atomic mass is 9.93. The van der Waals surface area contributed by atoms with Gasteiger partial charge in [-0.15, -0.1) is 0 Å². The number of alkyl halides is 3. The Hall–Kier alpha value is -1.17. The molecule has 0 spiro atoms. The lowest BCUT2D eigenvalue weighted by Gasteiger charge is -2.40.